The molecule has 86 valence electrons. The van der Waals surface area contributed by atoms with Gasteiger partial charge in [0.1, 0.15) is 0 Å². The van der Waals surface area contributed by atoms with Crippen LogP contribution in [0.4, 0.5) is 0 Å². The molecule has 0 aliphatic rings. The van der Waals surface area contributed by atoms with Gasteiger partial charge in [0, 0.05) is 12.3 Å². The van der Waals surface area contributed by atoms with Crippen LogP contribution in [0.5, 0.6) is 0 Å². The highest BCUT2D eigenvalue weighted by Crippen LogP contribution is 2.22. The molecule has 2 nitrogen and oxygen atoms in total. The van der Waals surface area contributed by atoms with Crippen molar-refractivity contribution in [2.24, 2.45) is 5.92 Å². The lowest BCUT2D eigenvalue weighted by Gasteiger charge is -2.04. The van der Waals surface area contributed by atoms with Crippen molar-refractivity contribution in [2.45, 2.75) is 20.3 Å². The van der Waals surface area contributed by atoms with Crippen molar-refractivity contribution < 1.29 is 9.59 Å². The molecule has 1 rings (SSSR count). The van der Waals surface area contributed by atoms with E-state index < -0.39 is 5.78 Å². The van der Waals surface area contributed by atoms with Gasteiger partial charge in [-0.05, 0) is 17.7 Å². The minimum absolute atomic E-state index is 0.0773. The van der Waals surface area contributed by atoms with Gasteiger partial charge in [-0.2, -0.15) is 0 Å². The molecule has 1 aromatic carbocycles. The summed E-state index contributed by atoms with van der Waals surface area (Å²) in [5, 5.41) is 0.831. The maximum absolute atomic E-state index is 11.5. The van der Waals surface area contributed by atoms with E-state index in [1.807, 2.05) is 0 Å². The summed E-state index contributed by atoms with van der Waals surface area (Å²) >= 11 is 11.6. The summed E-state index contributed by atoms with van der Waals surface area (Å²) < 4.78 is 0. The van der Waals surface area contributed by atoms with E-state index in [1.165, 1.54) is 0 Å². The van der Waals surface area contributed by atoms with E-state index in [4.69, 9.17) is 23.2 Å². The van der Waals surface area contributed by atoms with Gasteiger partial charge in [-0.1, -0.05) is 43.1 Å². The van der Waals surface area contributed by atoms with Crippen LogP contribution in [0.1, 0.15) is 19.4 Å². The first-order chi connectivity index (χ1) is 7.41. The molecule has 4 heteroatoms. The monoisotopic (exact) mass is 258 g/mol. The smallest absolute Gasteiger partial charge is 0.203 e. The maximum Gasteiger partial charge on any atom is 0.203 e. The van der Waals surface area contributed by atoms with Gasteiger partial charge in [0.2, 0.25) is 11.6 Å². The Kier molecular flexibility index (Phi) is 4.51. The zero-order valence-corrected chi connectivity index (χ0v) is 10.6. The molecule has 0 unspecified atom stereocenters. The second-order valence-electron chi connectivity index (χ2n) is 3.87. The largest absolute Gasteiger partial charge is 0.291 e. The van der Waals surface area contributed by atoms with Crippen LogP contribution in [0.25, 0.3) is 0 Å². The Morgan fingerprint density at radius 1 is 1.19 bits per heavy atom. The van der Waals surface area contributed by atoms with Crippen LogP contribution >= 0.6 is 23.2 Å². The molecule has 0 aliphatic carbocycles. The molecule has 0 saturated heterocycles. The predicted octanol–water partition coefficient (Wildman–Crippen LogP) is 3.33. The van der Waals surface area contributed by atoms with E-state index in [2.05, 4.69) is 0 Å². The lowest BCUT2D eigenvalue weighted by molar-refractivity contribution is -0.138. The number of hydrogen-bond acceptors (Lipinski definition) is 2. The molecule has 1 aromatic rings. The second-order valence-corrected chi connectivity index (χ2v) is 4.68. The van der Waals surface area contributed by atoms with E-state index in [1.54, 1.807) is 32.0 Å². The third kappa shape index (κ3) is 3.32. The van der Waals surface area contributed by atoms with Crippen LogP contribution in [0.15, 0.2) is 18.2 Å². The van der Waals surface area contributed by atoms with Gasteiger partial charge in [0.25, 0.3) is 0 Å². The Morgan fingerprint density at radius 3 is 2.31 bits per heavy atom. The summed E-state index contributed by atoms with van der Waals surface area (Å²) in [6.07, 6.45) is 0.0773. The number of benzene rings is 1. The van der Waals surface area contributed by atoms with Gasteiger partial charge < -0.3 is 0 Å². The van der Waals surface area contributed by atoms with Crippen molar-refractivity contribution in [2.75, 3.05) is 0 Å². The van der Waals surface area contributed by atoms with E-state index in [-0.39, 0.29) is 18.1 Å². The molecule has 0 aromatic heterocycles. The van der Waals surface area contributed by atoms with Gasteiger partial charge in [0.05, 0.1) is 10.0 Å². The first-order valence-corrected chi connectivity index (χ1v) is 5.68. The van der Waals surface area contributed by atoms with Crippen molar-refractivity contribution in [1.82, 2.24) is 0 Å². The third-order valence-electron chi connectivity index (χ3n) is 2.15. The SMILES string of the molecule is CC(C)C(=O)C(=O)Cc1ccc(Cl)c(Cl)c1. The Labute approximate surface area is 105 Å². The molecule has 0 bridgehead atoms. The second kappa shape index (κ2) is 5.46. The molecule has 0 fully saturated rings. The highest BCUT2D eigenvalue weighted by molar-refractivity contribution is 6.42. The topological polar surface area (TPSA) is 34.1 Å². The van der Waals surface area contributed by atoms with Crippen LogP contribution in [0.2, 0.25) is 10.0 Å². The van der Waals surface area contributed by atoms with E-state index in [9.17, 15) is 9.59 Å². The summed E-state index contributed by atoms with van der Waals surface area (Å²) in [5.74, 6) is -1.02. The molecular weight excluding hydrogens is 247 g/mol. The van der Waals surface area contributed by atoms with Crippen molar-refractivity contribution >= 4 is 34.8 Å². The minimum atomic E-state index is -0.395. The number of rotatable bonds is 4. The van der Waals surface area contributed by atoms with Crippen LogP contribution in [0.3, 0.4) is 0 Å². The Hall–Kier alpha value is -0.860. The van der Waals surface area contributed by atoms with Crippen LogP contribution in [0, 0.1) is 5.92 Å². The average Bonchev–Trinajstić information content (AvgIpc) is 2.22. The number of carbonyl (C=O) groups is 2. The summed E-state index contributed by atoms with van der Waals surface area (Å²) in [7, 11) is 0. The number of carbonyl (C=O) groups excluding carboxylic acids is 2. The summed E-state index contributed by atoms with van der Waals surface area (Å²) in [6.45, 7) is 3.41. The van der Waals surface area contributed by atoms with Crippen molar-refractivity contribution in [3.8, 4) is 0 Å². The first kappa shape index (κ1) is 13.2. The summed E-state index contributed by atoms with van der Waals surface area (Å²) in [4.78, 5) is 22.9. The molecule has 0 amide bonds. The lowest BCUT2D eigenvalue weighted by atomic mass is 10.00. The number of halogens is 2. The Morgan fingerprint density at radius 2 is 1.81 bits per heavy atom. The third-order valence-corrected chi connectivity index (χ3v) is 2.89. The standard InChI is InChI=1S/C12H12Cl2O2/c1-7(2)12(16)11(15)6-8-3-4-9(13)10(14)5-8/h3-5,7H,6H2,1-2H3. The fourth-order valence-corrected chi connectivity index (χ4v) is 1.56. The fraction of sp³-hybridized carbons (Fsp3) is 0.333. The lowest BCUT2D eigenvalue weighted by Crippen LogP contribution is -2.21. The van der Waals surface area contributed by atoms with E-state index in [0.717, 1.165) is 0 Å². The zero-order valence-electron chi connectivity index (χ0n) is 9.09. The van der Waals surface area contributed by atoms with Crippen molar-refractivity contribution in [1.29, 1.82) is 0 Å². The molecular formula is C12H12Cl2O2. The molecule has 0 atom stereocenters. The predicted molar refractivity (Wildman–Crippen MR) is 65.0 cm³/mol. The van der Waals surface area contributed by atoms with E-state index >= 15 is 0 Å². The van der Waals surface area contributed by atoms with Crippen molar-refractivity contribution in [3.63, 3.8) is 0 Å². The van der Waals surface area contributed by atoms with Gasteiger partial charge in [-0.15, -0.1) is 0 Å². The molecule has 0 spiro atoms. The van der Waals surface area contributed by atoms with Crippen LogP contribution in [-0.2, 0) is 16.0 Å². The normalized spacial score (nSPS) is 10.6. The molecule has 0 radical (unpaired) electrons. The van der Waals surface area contributed by atoms with Gasteiger partial charge in [-0.25, -0.2) is 0 Å². The van der Waals surface area contributed by atoms with Crippen LogP contribution < -0.4 is 0 Å². The van der Waals surface area contributed by atoms with Gasteiger partial charge in [0.15, 0.2) is 0 Å². The number of ketones is 2. The summed E-state index contributed by atoms with van der Waals surface area (Å²) in [5.41, 5.74) is 0.702. The fourth-order valence-electron chi connectivity index (χ4n) is 1.24. The molecule has 0 saturated carbocycles. The highest BCUT2D eigenvalue weighted by Gasteiger charge is 2.17. The van der Waals surface area contributed by atoms with Gasteiger partial charge in [-0.3, -0.25) is 9.59 Å². The zero-order chi connectivity index (χ0) is 12.3. The quantitative estimate of drug-likeness (QED) is 0.777. The van der Waals surface area contributed by atoms with Crippen LogP contribution in [-0.4, -0.2) is 11.6 Å². The molecule has 16 heavy (non-hydrogen) atoms. The average molecular weight is 259 g/mol. The molecule has 0 aliphatic heterocycles. The number of hydrogen-bond donors (Lipinski definition) is 0. The van der Waals surface area contributed by atoms with Gasteiger partial charge >= 0.3 is 0 Å². The minimum Gasteiger partial charge on any atom is -0.291 e. The summed E-state index contributed by atoms with van der Waals surface area (Å²) in [6, 6.07) is 4.92. The Bertz CT molecular complexity index is 425. The molecule has 0 N–H and O–H groups in total. The molecule has 0 heterocycles. The highest BCUT2D eigenvalue weighted by atomic mass is 35.5. The number of Topliss-reactive ketones (excluding diaryl/α,β-unsaturated/α-hetero) is 2. The van der Waals surface area contributed by atoms with E-state index in [0.29, 0.717) is 15.6 Å². The first-order valence-electron chi connectivity index (χ1n) is 4.92. The van der Waals surface area contributed by atoms with Crippen molar-refractivity contribution in [3.05, 3.63) is 33.8 Å². The Balaban J connectivity index is 2.78. The maximum atomic E-state index is 11.5.